The highest BCUT2D eigenvalue weighted by molar-refractivity contribution is 5.65. The minimum atomic E-state index is 0.207. The van der Waals surface area contributed by atoms with E-state index in [0.29, 0.717) is 0 Å². The van der Waals surface area contributed by atoms with Crippen LogP contribution in [0.5, 0.6) is 0 Å². The Morgan fingerprint density at radius 3 is 1.57 bits per heavy atom. The van der Waals surface area contributed by atoms with Crippen LogP contribution in [0.3, 0.4) is 0 Å². The molecule has 21 heavy (non-hydrogen) atoms. The topological polar surface area (TPSA) is 0 Å². The minimum Gasteiger partial charge on any atom is -0.0579 e. The van der Waals surface area contributed by atoms with E-state index >= 15 is 0 Å². The standard InChI is InChI=1S/C21H28/c1-15-14-17(10-13-19(15)21(5,6)7)16-8-11-18(12-9-16)20(2,3)4/h8-14H,1-7H3. The molecule has 0 radical (unpaired) electrons. The van der Waals surface area contributed by atoms with Gasteiger partial charge in [0.05, 0.1) is 0 Å². The van der Waals surface area contributed by atoms with Crippen molar-refractivity contribution in [3.8, 4) is 11.1 Å². The van der Waals surface area contributed by atoms with Crippen molar-refractivity contribution < 1.29 is 0 Å². The van der Waals surface area contributed by atoms with Gasteiger partial charge in [-0.2, -0.15) is 0 Å². The van der Waals surface area contributed by atoms with Gasteiger partial charge in [0.1, 0.15) is 0 Å². The van der Waals surface area contributed by atoms with Crippen LogP contribution in [-0.4, -0.2) is 0 Å². The Hall–Kier alpha value is -1.56. The van der Waals surface area contributed by atoms with Crippen molar-refractivity contribution in [1.29, 1.82) is 0 Å². The summed E-state index contributed by atoms with van der Waals surface area (Å²) in [5.74, 6) is 0. The molecule has 112 valence electrons. The number of aryl methyl sites for hydroxylation is 1. The van der Waals surface area contributed by atoms with Gasteiger partial charge in [-0.25, -0.2) is 0 Å². The summed E-state index contributed by atoms with van der Waals surface area (Å²) in [4.78, 5) is 0. The van der Waals surface area contributed by atoms with Crippen molar-refractivity contribution in [1.82, 2.24) is 0 Å². The zero-order valence-electron chi connectivity index (χ0n) is 14.5. The Balaban J connectivity index is 2.37. The molecule has 0 aliphatic heterocycles. The van der Waals surface area contributed by atoms with E-state index in [1.165, 1.54) is 27.8 Å². The lowest BCUT2D eigenvalue weighted by molar-refractivity contribution is 0.586. The van der Waals surface area contributed by atoms with E-state index in [2.05, 4.69) is 90.9 Å². The molecule has 0 atom stereocenters. The van der Waals surface area contributed by atoms with Gasteiger partial charge in [-0.1, -0.05) is 84.0 Å². The van der Waals surface area contributed by atoms with Crippen LogP contribution in [0.4, 0.5) is 0 Å². The van der Waals surface area contributed by atoms with Gasteiger partial charge in [-0.3, -0.25) is 0 Å². The molecule has 0 unspecified atom stereocenters. The van der Waals surface area contributed by atoms with Crippen LogP contribution < -0.4 is 0 Å². The van der Waals surface area contributed by atoms with Crippen molar-refractivity contribution in [2.75, 3.05) is 0 Å². The molecule has 0 spiro atoms. The summed E-state index contributed by atoms with van der Waals surface area (Å²) in [6.45, 7) is 15.8. The Morgan fingerprint density at radius 1 is 0.619 bits per heavy atom. The van der Waals surface area contributed by atoms with Gasteiger partial charge < -0.3 is 0 Å². The molecular weight excluding hydrogens is 252 g/mol. The van der Waals surface area contributed by atoms with Gasteiger partial charge in [0.2, 0.25) is 0 Å². The maximum Gasteiger partial charge on any atom is -0.0129 e. The smallest absolute Gasteiger partial charge is 0.0129 e. The first-order valence-electron chi connectivity index (χ1n) is 7.81. The summed E-state index contributed by atoms with van der Waals surface area (Å²) in [7, 11) is 0. The van der Waals surface area contributed by atoms with Gasteiger partial charge in [0, 0.05) is 0 Å². The summed E-state index contributed by atoms with van der Waals surface area (Å²) in [5.41, 5.74) is 7.21. The summed E-state index contributed by atoms with van der Waals surface area (Å²) >= 11 is 0. The second kappa shape index (κ2) is 5.33. The number of benzene rings is 2. The molecule has 0 heteroatoms. The zero-order chi connectivity index (χ0) is 15.8. The minimum absolute atomic E-state index is 0.207. The van der Waals surface area contributed by atoms with Crippen LogP contribution in [0.2, 0.25) is 0 Å². The Morgan fingerprint density at radius 2 is 1.14 bits per heavy atom. The normalized spacial score (nSPS) is 12.5. The average molecular weight is 280 g/mol. The van der Waals surface area contributed by atoms with E-state index in [4.69, 9.17) is 0 Å². The highest BCUT2D eigenvalue weighted by Gasteiger charge is 2.17. The third kappa shape index (κ3) is 3.56. The SMILES string of the molecule is Cc1cc(-c2ccc(C(C)(C)C)cc2)ccc1C(C)(C)C. The highest BCUT2D eigenvalue weighted by Crippen LogP contribution is 2.31. The summed E-state index contributed by atoms with van der Waals surface area (Å²) in [5, 5.41) is 0. The van der Waals surface area contributed by atoms with Crippen LogP contribution in [0.15, 0.2) is 42.5 Å². The molecule has 0 aliphatic carbocycles. The first kappa shape index (κ1) is 15.8. The third-order valence-corrected chi connectivity index (χ3v) is 4.12. The molecule has 0 bridgehead atoms. The number of rotatable bonds is 1. The third-order valence-electron chi connectivity index (χ3n) is 4.12. The largest absolute Gasteiger partial charge is 0.0579 e. The van der Waals surface area contributed by atoms with E-state index in [1.54, 1.807) is 0 Å². The van der Waals surface area contributed by atoms with Gasteiger partial charge >= 0.3 is 0 Å². The van der Waals surface area contributed by atoms with Crippen LogP contribution >= 0.6 is 0 Å². The van der Waals surface area contributed by atoms with E-state index < -0.39 is 0 Å². The van der Waals surface area contributed by atoms with Crippen LogP contribution in [0.1, 0.15) is 58.2 Å². The summed E-state index contributed by atoms with van der Waals surface area (Å²) in [6.07, 6.45) is 0. The zero-order valence-corrected chi connectivity index (χ0v) is 14.5. The lowest BCUT2D eigenvalue weighted by Gasteiger charge is -2.22. The first-order valence-corrected chi connectivity index (χ1v) is 7.81. The second-order valence-corrected chi connectivity index (χ2v) is 8.11. The molecule has 0 nitrogen and oxygen atoms in total. The average Bonchev–Trinajstić information content (AvgIpc) is 2.36. The Bertz CT molecular complexity index is 617. The van der Waals surface area contributed by atoms with Crippen molar-refractivity contribution >= 4 is 0 Å². The molecule has 0 N–H and O–H groups in total. The molecule has 0 amide bonds. The van der Waals surface area contributed by atoms with Crippen molar-refractivity contribution in [3.05, 3.63) is 59.2 Å². The van der Waals surface area contributed by atoms with Crippen LogP contribution in [-0.2, 0) is 10.8 Å². The molecule has 0 fully saturated rings. The van der Waals surface area contributed by atoms with E-state index in [9.17, 15) is 0 Å². The monoisotopic (exact) mass is 280 g/mol. The molecular formula is C21H28. The van der Waals surface area contributed by atoms with E-state index in [-0.39, 0.29) is 10.8 Å². The molecule has 0 aromatic heterocycles. The van der Waals surface area contributed by atoms with E-state index in [0.717, 1.165) is 0 Å². The highest BCUT2D eigenvalue weighted by atomic mass is 14.2. The van der Waals surface area contributed by atoms with Gasteiger partial charge in [0.25, 0.3) is 0 Å². The number of hydrogen-bond acceptors (Lipinski definition) is 0. The fraction of sp³-hybridized carbons (Fsp3) is 0.429. The lowest BCUT2D eigenvalue weighted by atomic mass is 9.82. The predicted octanol–water partition coefficient (Wildman–Crippen LogP) is 6.26. The predicted molar refractivity (Wildman–Crippen MR) is 94.0 cm³/mol. The van der Waals surface area contributed by atoms with Gasteiger partial charge in [-0.05, 0) is 45.6 Å². The van der Waals surface area contributed by atoms with Crippen LogP contribution in [0, 0.1) is 6.92 Å². The molecule has 0 aliphatic rings. The fourth-order valence-corrected chi connectivity index (χ4v) is 2.85. The van der Waals surface area contributed by atoms with E-state index in [1.807, 2.05) is 0 Å². The second-order valence-electron chi connectivity index (χ2n) is 8.11. The maximum absolute atomic E-state index is 2.31. The lowest BCUT2D eigenvalue weighted by Crippen LogP contribution is -2.12. The molecule has 2 aromatic carbocycles. The molecule has 0 saturated heterocycles. The van der Waals surface area contributed by atoms with Crippen molar-refractivity contribution in [2.45, 2.75) is 59.3 Å². The Labute approximate surface area is 130 Å². The first-order chi connectivity index (χ1) is 9.59. The Kier molecular flexibility index (Phi) is 4.02. The molecule has 2 rings (SSSR count). The number of hydrogen-bond donors (Lipinski definition) is 0. The fourth-order valence-electron chi connectivity index (χ4n) is 2.85. The molecule has 2 aromatic rings. The van der Waals surface area contributed by atoms with Gasteiger partial charge in [0.15, 0.2) is 0 Å². The van der Waals surface area contributed by atoms with Crippen molar-refractivity contribution in [3.63, 3.8) is 0 Å². The quantitative estimate of drug-likeness (QED) is 0.578. The summed E-state index contributed by atoms with van der Waals surface area (Å²) in [6, 6.07) is 15.8. The van der Waals surface area contributed by atoms with Gasteiger partial charge in [-0.15, -0.1) is 0 Å². The summed E-state index contributed by atoms with van der Waals surface area (Å²) < 4.78 is 0. The molecule has 0 saturated carbocycles. The van der Waals surface area contributed by atoms with Crippen LogP contribution in [0.25, 0.3) is 11.1 Å². The molecule has 0 heterocycles. The van der Waals surface area contributed by atoms with Crippen molar-refractivity contribution in [2.24, 2.45) is 0 Å². The maximum atomic E-state index is 2.31.